The van der Waals surface area contributed by atoms with Crippen LogP contribution in [0.3, 0.4) is 0 Å². The Morgan fingerprint density at radius 1 is 1.20 bits per heavy atom. The Morgan fingerprint density at radius 3 is 2.65 bits per heavy atom. The maximum Gasteiger partial charge on any atom is 0.238 e. The molecule has 2 aromatic rings. The number of halogens is 1. The van der Waals surface area contributed by atoms with Crippen LogP contribution >= 0.6 is 11.8 Å². The first kappa shape index (κ1) is 13.2. The number of nitrogens with zero attached hydrogens (tertiary/aromatic N) is 1. The lowest BCUT2D eigenvalue weighted by atomic mass is 10.1. The third-order valence-electron chi connectivity index (χ3n) is 3.39. The molecular formula is C16H14FNOS. The van der Waals surface area contributed by atoms with E-state index in [-0.39, 0.29) is 17.1 Å². The monoisotopic (exact) mass is 287 g/mol. The minimum Gasteiger partial charge on any atom is -0.295 e. The van der Waals surface area contributed by atoms with E-state index in [1.54, 1.807) is 35.7 Å². The predicted molar refractivity (Wildman–Crippen MR) is 80.3 cm³/mol. The van der Waals surface area contributed by atoms with Gasteiger partial charge in [-0.05, 0) is 30.2 Å². The van der Waals surface area contributed by atoms with Crippen molar-refractivity contribution in [1.82, 2.24) is 0 Å². The fourth-order valence-corrected chi connectivity index (χ4v) is 3.48. The van der Waals surface area contributed by atoms with Gasteiger partial charge in [-0.3, -0.25) is 9.69 Å². The van der Waals surface area contributed by atoms with Crippen LogP contribution in [-0.2, 0) is 4.79 Å². The number of hydrogen-bond acceptors (Lipinski definition) is 2. The molecule has 0 aromatic heterocycles. The molecule has 1 aliphatic rings. The Morgan fingerprint density at radius 2 is 1.95 bits per heavy atom. The van der Waals surface area contributed by atoms with Crippen LogP contribution < -0.4 is 4.90 Å². The Bertz CT molecular complexity index is 644. The van der Waals surface area contributed by atoms with Crippen molar-refractivity contribution in [3.8, 4) is 0 Å². The van der Waals surface area contributed by atoms with Gasteiger partial charge in [0.1, 0.15) is 11.2 Å². The molecule has 0 saturated carbocycles. The van der Waals surface area contributed by atoms with E-state index in [2.05, 4.69) is 0 Å². The summed E-state index contributed by atoms with van der Waals surface area (Å²) in [6.07, 6.45) is 0. The molecule has 1 saturated heterocycles. The fraction of sp³-hybridized carbons (Fsp3) is 0.188. The number of thioether (sulfide) groups is 1. The summed E-state index contributed by atoms with van der Waals surface area (Å²) in [4.78, 5) is 13.8. The summed E-state index contributed by atoms with van der Waals surface area (Å²) in [5, 5.41) is -0.0780. The summed E-state index contributed by atoms with van der Waals surface area (Å²) in [7, 11) is 0. The van der Waals surface area contributed by atoms with Crippen molar-refractivity contribution in [3.63, 3.8) is 0 Å². The van der Waals surface area contributed by atoms with Crippen LogP contribution in [0.5, 0.6) is 0 Å². The lowest BCUT2D eigenvalue weighted by molar-refractivity contribution is -0.115. The second-order valence-corrected chi connectivity index (χ2v) is 5.84. The van der Waals surface area contributed by atoms with Gasteiger partial charge >= 0.3 is 0 Å². The number of amides is 1. The summed E-state index contributed by atoms with van der Waals surface area (Å²) in [6.45, 7) is 1.72. The van der Waals surface area contributed by atoms with Crippen molar-refractivity contribution in [2.45, 2.75) is 12.3 Å². The molecule has 2 nitrogen and oxygen atoms in total. The van der Waals surface area contributed by atoms with Gasteiger partial charge in [0.15, 0.2) is 0 Å². The molecule has 0 radical (unpaired) electrons. The highest BCUT2D eigenvalue weighted by Gasteiger charge is 2.34. The molecule has 1 aliphatic heterocycles. The van der Waals surface area contributed by atoms with Gasteiger partial charge in [0.2, 0.25) is 5.91 Å². The fourth-order valence-electron chi connectivity index (χ4n) is 2.30. The highest BCUT2D eigenvalue weighted by molar-refractivity contribution is 8.00. The van der Waals surface area contributed by atoms with E-state index in [9.17, 15) is 9.18 Å². The summed E-state index contributed by atoms with van der Waals surface area (Å²) >= 11 is 1.57. The molecule has 1 unspecified atom stereocenters. The summed E-state index contributed by atoms with van der Waals surface area (Å²) in [5.41, 5.74) is 2.27. The molecule has 2 aromatic carbocycles. The average Bonchev–Trinajstić information content (AvgIpc) is 2.85. The Hall–Kier alpha value is -1.81. The van der Waals surface area contributed by atoms with Crippen molar-refractivity contribution in [3.05, 3.63) is 65.5 Å². The minimum absolute atomic E-state index is 0.0205. The molecule has 0 N–H and O–H groups in total. The first-order chi connectivity index (χ1) is 9.66. The number of carbonyl (C=O) groups is 1. The average molecular weight is 287 g/mol. The molecule has 102 valence electrons. The van der Waals surface area contributed by atoms with Gasteiger partial charge in [0, 0.05) is 5.69 Å². The number of aryl methyl sites for hydroxylation is 1. The van der Waals surface area contributed by atoms with E-state index in [1.807, 2.05) is 30.3 Å². The van der Waals surface area contributed by atoms with Crippen LogP contribution in [0.15, 0.2) is 48.5 Å². The van der Waals surface area contributed by atoms with Crippen molar-refractivity contribution >= 4 is 23.4 Å². The normalized spacial score (nSPS) is 18.6. The minimum atomic E-state index is -0.279. The van der Waals surface area contributed by atoms with Crippen LogP contribution in [0.4, 0.5) is 10.1 Å². The molecule has 0 bridgehead atoms. The van der Waals surface area contributed by atoms with E-state index in [4.69, 9.17) is 0 Å². The number of carbonyl (C=O) groups excluding carboxylic acids is 1. The van der Waals surface area contributed by atoms with E-state index in [0.717, 1.165) is 5.56 Å². The zero-order valence-corrected chi connectivity index (χ0v) is 11.9. The van der Waals surface area contributed by atoms with Crippen LogP contribution in [0.25, 0.3) is 0 Å². The maximum atomic E-state index is 13.7. The summed E-state index contributed by atoms with van der Waals surface area (Å²) < 4.78 is 13.7. The van der Waals surface area contributed by atoms with Crippen molar-refractivity contribution < 1.29 is 9.18 Å². The molecule has 4 heteroatoms. The molecule has 20 heavy (non-hydrogen) atoms. The maximum absolute atomic E-state index is 13.7. The van der Waals surface area contributed by atoms with Gasteiger partial charge in [-0.1, -0.05) is 36.4 Å². The first-order valence-electron chi connectivity index (χ1n) is 6.41. The van der Waals surface area contributed by atoms with Crippen LogP contribution in [0.1, 0.15) is 16.5 Å². The topological polar surface area (TPSA) is 20.3 Å². The van der Waals surface area contributed by atoms with Gasteiger partial charge in [0.05, 0.1) is 5.75 Å². The predicted octanol–water partition coefficient (Wildman–Crippen LogP) is 3.91. The molecule has 0 aliphatic carbocycles. The summed E-state index contributed by atoms with van der Waals surface area (Å²) in [5.74, 6) is 0.167. The van der Waals surface area contributed by atoms with Crippen molar-refractivity contribution in [2.75, 3.05) is 10.7 Å². The van der Waals surface area contributed by atoms with Gasteiger partial charge in [-0.15, -0.1) is 11.8 Å². The van der Waals surface area contributed by atoms with Crippen LogP contribution in [0.2, 0.25) is 0 Å². The number of anilines is 1. The first-order valence-corrected chi connectivity index (χ1v) is 7.46. The zero-order valence-electron chi connectivity index (χ0n) is 11.0. The number of benzene rings is 2. The second kappa shape index (κ2) is 5.29. The van der Waals surface area contributed by atoms with Crippen molar-refractivity contribution in [1.29, 1.82) is 0 Å². The van der Waals surface area contributed by atoms with Crippen LogP contribution in [-0.4, -0.2) is 11.7 Å². The van der Waals surface area contributed by atoms with E-state index >= 15 is 0 Å². The van der Waals surface area contributed by atoms with Gasteiger partial charge in [-0.2, -0.15) is 0 Å². The lowest BCUT2D eigenvalue weighted by Crippen LogP contribution is -2.27. The quantitative estimate of drug-likeness (QED) is 0.834. The smallest absolute Gasteiger partial charge is 0.238 e. The van der Waals surface area contributed by atoms with Crippen molar-refractivity contribution in [2.24, 2.45) is 0 Å². The van der Waals surface area contributed by atoms with E-state index in [0.29, 0.717) is 17.0 Å². The van der Waals surface area contributed by atoms with E-state index in [1.165, 1.54) is 6.07 Å². The molecule has 3 rings (SSSR count). The molecule has 1 heterocycles. The third-order valence-corrected chi connectivity index (χ3v) is 4.60. The zero-order chi connectivity index (χ0) is 14.1. The molecule has 1 amide bonds. The van der Waals surface area contributed by atoms with Crippen LogP contribution in [0, 0.1) is 12.7 Å². The highest BCUT2D eigenvalue weighted by Crippen LogP contribution is 2.41. The molecule has 0 spiro atoms. The Balaban J connectivity index is 2.00. The largest absolute Gasteiger partial charge is 0.295 e. The molecule has 1 atom stereocenters. The van der Waals surface area contributed by atoms with Gasteiger partial charge in [0.25, 0.3) is 0 Å². The SMILES string of the molecule is Cc1ccc(N2C(=O)CSC2c2ccccc2)cc1F. The van der Waals surface area contributed by atoms with Gasteiger partial charge < -0.3 is 0 Å². The Kier molecular flexibility index (Phi) is 3.49. The summed E-state index contributed by atoms with van der Waals surface area (Å²) in [6, 6.07) is 14.8. The second-order valence-electron chi connectivity index (χ2n) is 4.77. The van der Waals surface area contributed by atoms with Gasteiger partial charge in [-0.25, -0.2) is 4.39 Å². The third kappa shape index (κ3) is 2.31. The van der Waals surface area contributed by atoms with E-state index < -0.39 is 0 Å². The molecular weight excluding hydrogens is 273 g/mol. The lowest BCUT2D eigenvalue weighted by Gasteiger charge is -2.24. The standard InChI is InChI=1S/C16H14FNOS/c1-11-7-8-13(9-14(11)17)18-15(19)10-20-16(18)12-5-3-2-4-6-12/h2-9,16H,10H2,1H3. The molecule has 1 fully saturated rings. The number of rotatable bonds is 2. The Labute approximate surface area is 121 Å². The highest BCUT2D eigenvalue weighted by atomic mass is 32.2. The number of hydrogen-bond donors (Lipinski definition) is 0.